The lowest BCUT2D eigenvalue weighted by Gasteiger charge is -2.13. The maximum atomic E-state index is 12.1. The molecule has 1 aliphatic heterocycles. The van der Waals surface area contributed by atoms with Gasteiger partial charge in [-0.2, -0.15) is 17.7 Å². The molecule has 10 nitrogen and oxygen atoms in total. The summed E-state index contributed by atoms with van der Waals surface area (Å²) in [6.07, 6.45) is 14.1. The smallest absolute Gasteiger partial charge is 0.430 e. The van der Waals surface area contributed by atoms with Crippen molar-refractivity contribution in [1.29, 1.82) is 0 Å². The lowest BCUT2D eigenvalue weighted by Crippen LogP contribution is -2.46. The van der Waals surface area contributed by atoms with Crippen molar-refractivity contribution < 1.29 is 56.9 Å². The van der Waals surface area contributed by atoms with Gasteiger partial charge in [0.1, 0.15) is 30.3 Å². The van der Waals surface area contributed by atoms with Crippen LogP contribution in [0, 0.1) is 0 Å². The number of aliphatic hydroxyl groups is 2. The fourth-order valence-electron chi connectivity index (χ4n) is 4.50. The predicted molar refractivity (Wildman–Crippen MR) is 153 cm³/mol. The molecule has 0 bridgehead atoms. The Morgan fingerprint density at radius 3 is 2.07 bits per heavy atom. The number of hydrogen-bond donors (Lipinski definition) is 3. The van der Waals surface area contributed by atoms with Gasteiger partial charge in [0.2, 0.25) is 0 Å². The Labute approximate surface area is 257 Å². The van der Waals surface area contributed by atoms with E-state index in [1.54, 1.807) is 18.3 Å². The Balaban J connectivity index is 0.00000123. The van der Waals surface area contributed by atoms with Crippen LogP contribution in [0.3, 0.4) is 0 Å². The van der Waals surface area contributed by atoms with Crippen LogP contribution in [0.5, 0.6) is 0 Å². The molecule has 1 aromatic heterocycles. The van der Waals surface area contributed by atoms with Gasteiger partial charge in [0.15, 0.2) is 18.5 Å². The molecular formula is C31H47F3N2O8. The van der Waals surface area contributed by atoms with Crippen LogP contribution >= 0.6 is 0 Å². The summed E-state index contributed by atoms with van der Waals surface area (Å²) >= 11 is 0. The highest BCUT2D eigenvalue weighted by Crippen LogP contribution is 2.26. The van der Waals surface area contributed by atoms with Crippen molar-refractivity contribution in [2.45, 2.75) is 128 Å². The first-order chi connectivity index (χ1) is 20.9. The lowest BCUT2D eigenvalue weighted by atomic mass is 10.1. The number of ether oxygens (including phenoxy) is 2. The Bertz CT molecular complexity index is 1020. The van der Waals surface area contributed by atoms with Crippen LogP contribution in [0.2, 0.25) is 0 Å². The maximum Gasteiger partial charge on any atom is 0.430 e. The molecule has 1 saturated heterocycles. The van der Waals surface area contributed by atoms with Crippen molar-refractivity contribution in [1.82, 2.24) is 0 Å². The number of amides is 1. The molecule has 0 saturated carbocycles. The van der Waals surface area contributed by atoms with Gasteiger partial charge >= 0.3 is 12.1 Å². The van der Waals surface area contributed by atoms with Gasteiger partial charge < -0.3 is 35.3 Å². The summed E-state index contributed by atoms with van der Waals surface area (Å²) < 4.78 is 44.0. The van der Waals surface area contributed by atoms with Crippen LogP contribution in [0.4, 0.5) is 13.2 Å². The topological polar surface area (TPSA) is 163 Å². The number of carboxylic acids is 1. The van der Waals surface area contributed by atoms with E-state index in [1.807, 2.05) is 0 Å². The first-order valence-corrected chi connectivity index (χ1v) is 15.3. The van der Waals surface area contributed by atoms with Crippen LogP contribution in [0.1, 0.15) is 113 Å². The Hall–Kier alpha value is -3.03. The standard InChI is InChI=1S/C29H46N2O6.C2HF3O2/c1-2-3-4-5-6-7-8-9-10-11-12-13-14-15-16-19-25(32)36-22-24-26(33)27(34)29(37-24)31-20-17-18-23(21-31)28(30)35;3-2(4,5)1(6)7/h9-10,17-18,20-21,24,26-27,29,33-34H,2-8,11-16,19,22H2,1H3,(H-,30,35);(H,6,7)/t24-,26-,27-,29-;/m1./s1. The molecule has 250 valence electrons. The lowest BCUT2D eigenvalue weighted by molar-refractivity contribution is -0.765. The highest BCUT2D eigenvalue weighted by Gasteiger charge is 2.48. The number of aliphatic hydroxyl groups excluding tert-OH is 2. The van der Waals surface area contributed by atoms with E-state index in [0.717, 1.165) is 32.1 Å². The van der Waals surface area contributed by atoms with Gasteiger partial charge in [-0.05, 0) is 38.2 Å². The van der Waals surface area contributed by atoms with E-state index in [9.17, 15) is 33.0 Å². The largest absolute Gasteiger partial charge is 0.542 e. The maximum absolute atomic E-state index is 12.1. The Morgan fingerprint density at radius 1 is 0.977 bits per heavy atom. The Morgan fingerprint density at radius 2 is 1.52 bits per heavy atom. The number of carbonyl (C=O) groups is 3. The second-order valence-electron chi connectivity index (χ2n) is 10.8. The number of alkyl halides is 3. The molecule has 0 spiro atoms. The molecule has 1 aromatic rings. The molecule has 0 unspecified atom stereocenters. The number of nitrogens with two attached hydrogens (primary N) is 1. The van der Waals surface area contributed by atoms with E-state index in [0.29, 0.717) is 6.42 Å². The van der Waals surface area contributed by atoms with Crippen LogP contribution in [-0.2, 0) is 19.1 Å². The molecule has 1 aliphatic rings. The van der Waals surface area contributed by atoms with Gasteiger partial charge in [-0.15, -0.1) is 0 Å². The highest BCUT2D eigenvalue weighted by atomic mass is 19.4. The van der Waals surface area contributed by atoms with E-state index in [-0.39, 0.29) is 18.1 Å². The second kappa shape index (κ2) is 21.6. The third-order valence-electron chi connectivity index (χ3n) is 7.02. The predicted octanol–water partition coefficient (Wildman–Crippen LogP) is 3.57. The minimum absolute atomic E-state index is 0.144. The van der Waals surface area contributed by atoms with Gasteiger partial charge in [-0.3, -0.25) is 9.59 Å². The number of carbonyl (C=O) groups excluding carboxylic acids is 3. The number of carboxylic acid groups (broad SMARTS) is 1. The van der Waals surface area contributed by atoms with E-state index in [1.165, 1.54) is 62.1 Å². The number of esters is 1. The van der Waals surface area contributed by atoms with E-state index in [2.05, 4.69) is 19.1 Å². The fraction of sp³-hybridized carbons (Fsp3) is 0.677. The summed E-state index contributed by atoms with van der Waals surface area (Å²) in [4.78, 5) is 32.3. The van der Waals surface area contributed by atoms with Gasteiger partial charge in [0.05, 0.1) is 0 Å². The number of unbranched alkanes of at least 4 members (excludes halogenated alkanes) is 11. The number of aliphatic carboxylic acids is 1. The van der Waals surface area contributed by atoms with Crippen molar-refractivity contribution in [3.63, 3.8) is 0 Å². The second-order valence-corrected chi connectivity index (χ2v) is 10.8. The number of pyridine rings is 1. The molecule has 2 rings (SSSR count). The van der Waals surface area contributed by atoms with Gasteiger partial charge in [-0.25, -0.2) is 0 Å². The minimum Gasteiger partial charge on any atom is -0.542 e. The van der Waals surface area contributed by atoms with Gasteiger partial charge in [0, 0.05) is 12.5 Å². The van der Waals surface area contributed by atoms with Crippen molar-refractivity contribution in [3.8, 4) is 0 Å². The third kappa shape index (κ3) is 16.2. The van der Waals surface area contributed by atoms with Crippen molar-refractivity contribution in [3.05, 3.63) is 42.2 Å². The van der Waals surface area contributed by atoms with Crippen LogP contribution in [-0.4, -0.2) is 59.2 Å². The summed E-state index contributed by atoms with van der Waals surface area (Å²) in [6.45, 7) is 2.10. The monoisotopic (exact) mass is 632 g/mol. The van der Waals surface area contributed by atoms with E-state index < -0.39 is 42.6 Å². The molecule has 2 heterocycles. The van der Waals surface area contributed by atoms with Crippen LogP contribution in [0.25, 0.3) is 0 Å². The SMILES string of the molecule is CCCCCCCCC=CCCCCCCCC(=O)OC[C@H]1O[C@@H]([n+]2cccc(C(N)=O)c2)[C@H](O)[C@@H]1O.O=C([O-])C(F)(F)F. The first-order valence-electron chi connectivity index (χ1n) is 15.3. The Kier molecular flexibility index (Phi) is 19.2. The van der Waals surface area contributed by atoms with Crippen molar-refractivity contribution >= 4 is 17.8 Å². The summed E-state index contributed by atoms with van der Waals surface area (Å²) in [5.74, 6) is -3.95. The zero-order valence-corrected chi connectivity index (χ0v) is 25.4. The molecule has 0 radical (unpaired) electrons. The molecule has 0 aliphatic carbocycles. The average Bonchev–Trinajstić information content (AvgIpc) is 3.26. The number of primary amides is 1. The molecule has 44 heavy (non-hydrogen) atoms. The molecule has 1 amide bonds. The van der Waals surface area contributed by atoms with Crippen LogP contribution < -0.4 is 15.4 Å². The van der Waals surface area contributed by atoms with Gasteiger partial charge in [0.25, 0.3) is 12.1 Å². The molecule has 4 N–H and O–H groups in total. The molecule has 1 fully saturated rings. The summed E-state index contributed by atoms with van der Waals surface area (Å²) in [6, 6.07) is 3.15. The van der Waals surface area contributed by atoms with Crippen LogP contribution in [0.15, 0.2) is 36.7 Å². The summed E-state index contributed by atoms with van der Waals surface area (Å²) in [5.41, 5.74) is 5.55. The number of hydrogen-bond acceptors (Lipinski definition) is 8. The van der Waals surface area contributed by atoms with E-state index >= 15 is 0 Å². The molecule has 13 heteroatoms. The first kappa shape index (κ1) is 39.0. The number of aromatic nitrogens is 1. The quantitative estimate of drug-likeness (QED) is 0.0902. The fourth-order valence-corrected chi connectivity index (χ4v) is 4.50. The molecule has 0 aromatic carbocycles. The minimum atomic E-state index is -5.19. The zero-order chi connectivity index (χ0) is 33.0. The van der Waals surface area contributed by atoms with Gasteiger partial charge in [-0.1, -0.05) is 70.4 Å². The third-order valence-corrected chi connectivity index (χ3v) is 7.02. The number of nitrogens with zero attached hydrogens (tertiary/aromatic N) is 1. The molecular weight excluding hydrogens is 585 g/mol. The number of allylic oxidation sites excluding steroid dienone is 2. The van der Waals surface area contributed by atoms with Crippen molar-refractivity contribution in [2.24, 2.45) is 5.73 Å². The van der Waals surface area contributed by atoms with Crippen molar-refractivity contribution in [2.75, 3.05) is 6.61 Å². The average molecular weight is 633 g/mol. The van der Waals surface area contributed by atoms with E-state index in [4.69, 9.17) is 25.1 Å². The molecule has 4 atom stereocenters. The summed E-state index contributed by atoms with van der Waals surface area (Å²) in [5, 5.41) is 29.5. The highest BCUT2D eigenvalue weighted by molar-refractivity contribution is 5.92. The number of halogens is 3. The normalized spacial score (nSPS) is 19.9. The summed E-state index contributed by atoms with van der Waals surface area (Å²) in [7, 11) is 0. The number of rotatable bonds is 19. The zero-order valence-electron chi connectivity index (χ0n) is 25.4.